The zero-order chi connectivity index (χ0) is 18.4. The number of ether oxygens (including phenoxy) is 1. The molecule has 0 saturated heterocycles. The first-order chi connectivity index (χ1) is 12.7. The monoisotopic (exact) mass is 349 g/mol. The fourth-order valence-corrected chi connectivity index (χ4v) is 2.49. The number of aromatic nitrogens is 1. The van der Waals surface area contributed by atoms with Gasteiger partial charge in [-0.25, -0.2) is 4.39 Å². The smallest absolute Gasteiger partial charge is 0.171 e. The van der Waals surface area contributed by atoms with Gasteiger partial charge in [0.1, 0.15) is 24.5 Å². The molecule has 0 amide bonds. The lowest BCUT2D eigenvalue weighted by atomic mass is 10.0. The van der Waals surface area contributed by atoms with Crippen LogP contribution in [0, 0.1) is 5.82 Å². The second-order valence-corrected chi connectivity index (χ2v) is 5.75. The molecule has 0 aliphatic rings. The summed E-state index contributed by atoms with van der Waals surface area (Å²) in [6, 6.07) is 14.2. The molecule has 3 rings (SSSR count). The molecule has 26 heavy (non-hydrogen) atoms. The lowest BCUT2D eigenvalue weighted by molar-refractivity contribution is 0.0988. The van der Waals surface area contributed by atoms with Crippen LogP contribution in [0.15, 0.2) is 67.0 Å². The first-order valence-electron chi connectivity index (χ1n) is 8.04. The molecule has 130 valence electrons. The maximum Gasteiger partial charge on any atom is 0.171 e. The van der Waals surface area contributed by atoms with E-state index in [1.807, 2.05) is 6.07 Å². The van der Waals surface area contributed by atoms with E-state index in [1.54, 1.807) is 42.7 Å². The molecule has 0 saturated carbocycles. The number of nitrogens with zero attached hydrogens (tertiary/aromatic N) is 1. The van der Waals surface area contributed by atoms with Crippen LogP contribution >= 0.6 is 0 Å². The third-order valence-electron chi connectivity index (χ3n) is 3.84. The molecule has 0 radical (unpaired) electrons. The van der Waals surface area contributed by atoms with E-state index < -0.39 is 0 Å². The Bertz CT molecular complexity index is 908. The molecule has 0 unspecified atom stereocenters. The number of hydrogen-bond donors (Lipinski definition) is 0. The molecule has 0 aliphatic carbocycles. The molecule has 0 atom stereocenters. The molecule has 0 spiro atoms. The average Bonchev–Trinajstić information content (AvgIpc) is 2.68. The number of rotatable bonds is 7. The number of benzene rings is 2. The second-order valence-electron chi connectivity index (χ2n) is 5.75. The van der Waals surface area contributed by atoms with E-state index in [0.717, 1.165) is 11.1 Å². The molecule has 3 aromatic rings. The van der Waals surface area contributed by atoms with Gasteiger partial charge in [0.2, 0.25) is 0 Å². The van der Waals surface area contributed by atoms with Gasteiger partial charge in [-0.2, -0.15) is 0 Å². The Hall–Kier alpha value is -3.34. The number of carbonyl (C=O) groups is 2. The maximum absolute atomic E-state index is 13.0. The van der Waals surface area contributed by atoms with E-state index >= 15 is 0 Å². The van der Waals surface area contributed by atoms with E-state index in [4.69, 9.17) is 4.74 Å². The topological polar surface area (TPSA) is 56.3 Å². The van der Waals surface area contributed by atoms with Gasteiger partial charge in [-0.1, -0.05) is 18.2 Å². The Morgan fingerprint density at radius 3 is 2.58 bits per heavy atom. The molecule has 0 fully saturated rings. The van der Waals surface area contributed by atoms with E-state index in [1.165, 1.54) is 18.2 Å². The second kappa shape index (κ2) is 8.16. The highest BCUT2D eigenvalue weighted by molar-refractivity contribution is 6.01. The number of hydrogen-bond acceptors (Lipinski definition) is 4. The third kappa shape index (κ3) is 4.39. The van der Waals surface area contributed by atoms with Crippen molar-refractivity contribution in [3.63, 3.8) is 0 Å². The van der Waals surface area contributed by atoms with Crippen molar-refractivity contribution in [1.29, 1.82) is 0 Å². The highest BCUT2D eigenvalue weighted by Gasteiger charge is 2.15. The van der Waals surface area contributed by atoms with Gasteiger partial charge in [0.05, 0.1) is 5.56 Å². The summed E-state index contributed by atoms with van der Waals surface area (Å²) in [4.78, 5) is 27.8. The third-order valence-corrected chi connectivity index (χ3v) is 3.84. The van der Waals surface area contributed by atoms with Crippen molar-refractivity contribution in [2.75, 3.05) is 0 Å². The van der Waals surface area contributed by atoms with E-state index in [9.17, 15) is 14.0 Å². The van der Waals surface area contributed by atoms with Gasteiger partial charge < -0.3 is 4.74 Å². The Morgan fingerprint density at radius 2 is 1.88 bits per heavy atom. The highest BCUT2D eigenvalue weighted by atomic mass is 19.1. The lowest BCUT2D eigenvalue weighted by Gasteiger charge is -2.12. The molecule has 1 aromatic heterocycles. The largest absolute Gasteiger partial charge is 0.488 e. The van der Waals surface area contributed by atoms with E-state index in [0.29, 0.717) is 23.2 Å². The number of pyridine rings is 1. The van der Waals surface area contributed by atoms with Crippen molar-refractivity contribution in [3.8, 4) is 5.75 Å². The quantitative estimate of drug-likeness (QED) is 0.477. The van der Waals surface area contributed by atoms with E-state index in [-0.39, 0.29) is 24.6 Å². The predicted octanol–water partition coefficient (Wildman–Crippen LogP) is 4.04. The molecule has 0 bridgehead atoms. The van der Waals surface area contributed by atoms with Crippen LogP contribution in [0.4, 0.5) is 4.39 Å². The molecular weight excluding hydrogens is 333 g/mol. The van der Waals surface area contributed by atoms with Crippen LogP contribution in [0.2, 0.25) is 0 Å². The molecule has 1 heterocycles. The molecule has 5 heteroatoms. The summed E-state index contributed by atoms with van der Waals surface area (Å²) >= 11 is 0. The fraction of sp³-hybridized carbons (Fsp3) is 0.0952. The molecular formula is C21H16FNO3. The maximum atomic E-state index is 13.0. The van der Waals surface area contributed by atoms with Crippen molar-refractivity contribution < 1.29 is 18.7 Å². The molecule has 0 aliphatic heterocycles. The number of ketones is 1. The van der Waals surface area contributed by atoms with Crippen LogP contribution in [-0.2, 0) is 13.0 Å². The SMILES string of the molecule is O=Cc1ccc(OCc2ccc(F)cc2)c(C(=O)Cc2cccnc2)c1. The minimum atomic E-state index is -0.323. The number of carbonyl (C=O) groups excluding carboxylic acids is 2. The predicted molar refractivity (Wildman–Crippen MR) is 94.8 cm³/mol. The standard InChI is InChI=1S/C21H16FNO3/c22-18-6-3-15(4-7-18)14-26-21-8-5-17(13-24)10-19(21)20(25)11-16-2-1-9-23-12-16/h1-10,12-13H,11,14H2. The summed E-state index contributed by atoms with van der Waals surface area (Å²) in [6.45, 7) is 0.188. The Labute approximate surface area is 150 Å². The summed E-state index contributed by atoms with van der Waals surface area (Å²) in [5, 5.41) is 0. The Kier molecular flexibility index (Phi) is 5.49. The lowest BCUT2D eigenvalue weighted by Crippen LogP contribution is -2.08. The average molecular weight is 349 g/mol. The Morgan fingerprint density at radius 1 is 1.08 bits per heavy atom. The van der Waals surface area contributed by atoms with Crippen LogP contribution in [0.5, 0.6) is 5.75 Å². The van der Waals surface area contributed by atoms with Crippen molar-refractivity contribution in [2.45, 2.75) is 13.0 Å². The zero-order valence-electron chi connectivity index (χ0n) is 13.9. The van der Waals surface area contributed by atoms with Crippen LogP contribution < -0.4 is 4.74 Å². The van der Waals surface area contributed by atoms with Crippen LogP contribution in [0.3, 0.4) is 0 Å². The summed E-state index contributed by atoms with van der Waals surface area (Å²) in [7, 11) is 0. The van der Waals surface area contributed by atoms with Crippen molar-refractivity contribution >= 4 is 12.1 Å². The normalized spacial score (nSPS) is 10.3. The minimum Gasteiger partial charge on any atom is -0.488 e. The van der Waals surface area contributed by atoms with Crippen molar-refractivity contribution in [1.82, 2.24) is 4.98 Å². The Balaban J connectivity index is 1.81. The number of Topliss-reactive ketones (excluding diaryl/α,β-unsaturated/α-hetero) is 1. The number of aldehydes is 1. The van der Waals surface area contributed by atoms with Gasteiger partial charge in [0.25, 0.3) is 0 Å². The molecule has 2 aromatic carbocycles. The number of halogens is 1. The zero-order valence-corrected chi connectivity index (χ0v) is 13.9. The van der Waals surface area contributed by atoms with Crippen LogP contribution in [-0.4, -0.2) is 17.1 Å². The fourth-order valence-electron chi connectivity index (χ4n) is 2.49. The molecule has 0 N–H and O–H groups in total. The van der Waals surface area contributed by atoms with Crippen molar-refractivity contribution in [2.24, 2.45) is 0 Å². The van der Waals surface area contributed by atoms with Gasteiger partial charge in [0, 0.05) is 24.4 Å². The van der Waals surface area contributed by atoms with Crippen LogP contribution in [0.25, 0.3) is 0 Å². The van der Waals surface area contributed by atoms with Crippen molar-refractivity contribution in [3.05, 3.63) is 95.1 Å². The van der Waals surface area contributed by atoms with Gasteiger partial charge in [-0.3, -0.25) is 14.6 Å². The van der Waals surface area contributed by atoms with Crippen LogP contribution in [0.1, 0.15) is 31.8 Å². The summed E-state index contributed by atoms with van der Waals surface area (Å²) in [5.74, 6) is -0.110. The first-order valence-corrected chi connectivity index (χ1v) is 8.04. The first kappa shape index (κ1) is 17.5. The minimum absolute atomic E-state index is 0.156. The summed E-state index contributed by atoms with van der Waals surface area (Å²) in [6.07, 6.45) is 4.10. The summed E-state index contributed by atoms with van der Waals surface area (Å²) in [5.41, 5.74) is 2.28. The van der Waals surface area contributed by atoms with Gasteiger partial charge in [0.15, 0.2) is 5.78 Å². The van der Waals surface area contributed by atoms with Gasteiger partial charge >= 0.3 is 0 Å². The highest BCUT2D eigenvalue weighted by Crippen LogP contribution is 2.23. The summed E-state index contributed by atoms with van der Waals surface area (Å²) < 4.78 is 18.7. The van der Waals surface area contributed by atoms with E-state index in [2.05, 4.69) is 4.98 Å². The van der Waals surface area contributed by atoms with Gasteiger partial charge in [-0.05, 0) is 47.5 Å². The van der Waals surface area contributed by atoms with Gasteiger partial charge in [-0.15, -0.1) is 0 Å². The molecule has 4 nitrogen and oxygen atoms in total.